The second kappa shape index (κ2) is 12.2. The van der Waals surface area contributed by atoms with E-state index in [-0.39, 0.29) is 11.2 Å². The summed E-state index contributed by atoms with van der Waals surface area (Å²) < 4.78 is 11.0. The van der Waals surface area contributed by atoms with Gasteiger partial charge in [0.15, 0.2) is 5.17 Å². The van der Waals surface area contributed by atoms with Crippen LogP contribution in [0, 0.1) is 0 Å². The third-order valence-electron chi connectivity index (χ3n) is 4.83. The number of unbranched alkanes of at least 4 members (excludes halogenated alkanes) is 3. The van der Waals surface area contributed by atoms with Crippen molar-refractivity contribution in [2.45, 2.75) is 44.3 Å². The number of rotatable bonds is 11. The average Bonchev–Trinajstić information content (AvgIpc) is 3.13. The van der Waals surface area contributed by atoms with Crippen molar-refractivity contribution in [2.75, 3.05) is 13.7 Å². The number of benzene rings is 2. The summed E-state index contributed by atoms with van der Waals surface area (Å²) in [5.41, 5.74) is 1.97. The largest absolute Gasteiger partial charge is 0.497 e. The van der Waals surface area contributed by atoms with Crippen LogP contribution in [0.2, 0.25) is 0 Å². The first kappa shape index (κ1) is 22.9. The fourth-order valence-corrected chi connectivity index (χ4v) is 4.08. The number of amidine groups is 1. The Bertz CT molecular complexity index is 913. The Morgan fingerprint density at radius 3 is 2.71 bits per heavy atom. The SMILES string of the molecule is CCCCCCOc1ccc(C=N/N=C2\NC(=O)C(Cc3cccc(OC)c3)S2)cc1. The molecule has 1 heterocycles. The molecule has 164 valence electrons. The van der Waals surface area contributed by atoms with Crippen LogP contribution < -0.4 is 14.8 Å². The number of hydrogen-bond donors (Lipinski definition) is 1. The predicted molar refractivity (Wildman–Crippen MR) is 127 cm³/mol. The maximum atomic E-state index is 12.2. The molecule has 1 unspecified atom stereocenters. The summed E-state index contributed by atoms with van der Waals surface area (Å²) in [6, 6.07) is 15.5. The van der Waals surface area contributed by atoms with Crippen molar-refractivity contribution in [1.82, 2.24) is 5.32 Å². The quantitative estimate of drug-likeness (QED) is 0.310. The Balaban J connectivity index is 1.48. The lowest BCUT2D eigenvalue weighted by molar-refractivity contribution is -0.118. The summed E-state index contributed by atoms with van der Waals surface area (Å²) >= 11 is 1.39. The standard InChI is InChI=1S/C24H29N3O3S/c1-3-4-5-6-14-30-20-12-10-18(11-13-20)17-25-27-24-26-23(28)22(31-24)16-19-8-7-9-21(15-19)29-2/h7-13,15,17,22H,3-6,14,16H2,1-2H3,(H,26,27,28). The molecule has 0 aliphatic carbocycles. The molecule has 1 amide bonds. The van der Waals surface area contributed by atoms with E-state index in [0.29, 0.717) is 11.6 Å². The van der Waals surface area contributed by atoms with Crippen molar-refractivity contribution in [3.05, 3.63) is 59.7 Å². The van der Waals surface area contributed by atoms with E-state index in [1.165, 1.54) is 31.0 Å². The summed E-state index contributed by atoms with van der Waals surface area (Å²) in [7, 11) is 1.63. The lowest BCUT2D eigenvalue weighted by Gasteiger charge is -2.07. The van der Waals surface area contributed by atoms with Gasteiger partial charge >= 0.3 is 0 Å². The highest BCUT2D eigenvalue weighted by Gasteiger charge is 2.30. The number of amides is 1. The van der Waals surface area contributed by atoms with Crippen LogP contribution in [0.4, 0.5) is 0 Å². The molecule has 31 heavy (non-hydrogen) atoms. The average molecular weight is 440 g/mol. The molecule has 0 aromatic heterocycles. The molecule has 2 aromatic rings. The molecule has 1 N–H and O–H groups in total. The predicted octanol–water partition coefficient (Wildman–Crippen LogP) is 4.82. The Hall–Kier alpha value is -2.80. The monoisotopic (exact) mass is 439 g/mol. The molecule has 6 nitrogen and oxygen atoms in total. The zero-order chi connectivity index (χ0) is 21.9. The Labute approximate surface area is 188 Å². The molecule has 1 fully saturated rings. The van der Waals surface area contributed by atoms with Crippen LogP contribution in [0.3, 0.4) is 0 Å². The lowest BCUT2D eigenvalue weighted by Crippen LogP contribution is -2.25. The second-order valence-corrected chi connectivity index (χ2v) is 8.47. The molecule has 1 atom stereocenters. The van der Waals surface area contributed by atoms with Gasteiger partial charge < -0.3 is 14.8 Å². The summed E-state index contributed by atoms with van der Waals surface area (Å²) in [5.74, 6) is 1.59. The van der Waals surface area contributed by atoms with Crippen LogP contribution in [0.15, 0.2) is 58.7 Å². The minimum Gasteiger partial charge on any atom is -0.497 e. The topological polar surface area (TPSA) is 72.3 Å². The van der Waals surface area contributed by atoms with Gasteiger partial charge in [0.25, 0.3) is 0 Å². The molecular weight excluding hydrogens is 410 g/mol. The van der Waals surface area contributed by atoms with Crippen LogP contribution >= 0.6 is 11.8 Å². The Kier molecular flexibility index (Phi) is 8.97. The van der Waals surface area contributed by atoms with Crippen molar-refractivity contribution in [1.29, 1.82) is 0 Å². The van der Waals surface area contributed by atoms with Crippen molar-refractivity contribution in [3.8, 4) is 11.5 Å². The first-order chi connectivity index (χ1) is 15.2. The third kappa shape index (κ3) is 7.43. The molecule has 0 radical (unpaired) electrons. The highest BCUT2D eigenvalue weighted by atomic mass is 32.2. The number of nitrogens with one attached hydrogen (secondary N) is 1. The van der Waals surface area contributed by atoms with Gasteiger partial charge in [0, 0.05) is 0 Å². The fraction of sp³-hybridized carbons (Fsp3) is 0.375. The van der Waals surface area contributed by atoms with E-state index < -0.39 is 0 Å². The smallest absolute Gasteiger partial charge is 0.239 e. The van der Waals surface area contributed by atoms with Crippen LogP contribution in [0.25, 0.3) is 0 Å². The summed E-state index contributed by atoms with van der Waals surface area (Å²) in [5, 5.41) is 11.4. The minimum absolute atomic E-state index is 0.0535. The number of ether oxygens (including phenoxy) is 2. The Morgan fingerprint density at radius 1 is 1.10 bits per heavy atom. The van der Waals surface area contributed by atoms with Crippen LogP contribution in [-0.4, -0.2) is 36.3 Å². The van der Waals surface area contributed by atoms with Crippen molar-refractivity contribution < 1.29 is 14.3 Å². The number of nitrogens with zero attached hydrogens (tertiary/aromatic N) is 2. The Morgan fingerprint density at radius 2 is 1.94 bits per heavy atom. The van der Waals surface area contributed by atoms with Gasteiger partial charge in [0.1, 0.15) is 11.5 Å². The maximum absolute atomic E-state index is 12.2. The molecule has 1 aliphatic heterocycles. The number of carbonyl (C=O) groups is 1. The van der Waals surface area contributed by atoms with Gasteiger partial charge in [-0.25, -0.2) is 0 Å². The molecule has 1 aliphatic rings. The van der Waals surface area contributed by atoms with E-state index in [2.05, 4.69) is 22.4 Å². The minimum atomic E-state index is -0.227. The zero-order valence-electron chi connectivity index (χ0n) is 18.0. The van der Waals surface area contributed by atoms with Crippen molar-refractivity contribution >= 4 is 29.1 Å². The molecule has 0 saturated carbocycles. The van der Waals surface area contributed by atoms with Crippen molar-refractivity contribution in [3.63, 3.8) is 0 Å². The summed E-state index contributed by atoms with van der Waals surface area (Å²) in [6.45, 7) is 2.95. The van der Waals surface area contributed by atoms with E-state index in [4.69, 9.17) is 9.47 Å². The lowest BCUT2D eigenvalue weighted by atomic mass is 10.1. The van der Waals surface area contributed by atoms with Gasteiger partial charge in [-0.2, -0.15) is 5.10 Å². The number of carbonyl (C=O) groups excluding carboxylic acids is 1. The summed E-state index contributed by atoms with van der Waals surface area (Å²) in [4.78, 5) is 12.2. The van der Waals surface area contributed by atoms with Crippen LogP contribution in [0.5, 0.6) is 11.5 Å². The fourth-order valence-electron chi connectivity index (χ4n) is 3.12. The van der Waals surface area contributed by atoms with E-state index in [1.54, 1.807) is 13.3 Å². The molecule has 0 bridgehead atoms. The number of hydrogen-bond acceptors (Lipinski definition) is 6. The van der Waals surface area contributed by atoms with Gasteiger partial charge in [-0.15, -0.1) is 5.10 Å². The van der Waals surface area contributed by atoms with E-state index in [9.17, 15) is 4.79 Å². The first-order valence-electron chi connectivity index (χ1n) is 10.6. The number of methoxy groups -OCH3 is 1. The van der Waals surface area contributed by atoms with Gasteiger partial charge in [-0.1, -0.05) is 50.1 Å². The highest BCUT2D eigenvalue weighted by Crippen LogP contribution is 2.25. The summed E-state index contributed by atoms with van der Waals surface area (Å²) in [6.07, 6.45) is 7.04. The van der Waals surface area contributed by atoms with E-state index in [0.717, 1.165) is 35.7 Å². The van der Waals surface area contributed by atoms with Gasteiger partial charge in [-0.3, -0.25) is 4.79 Å². The molecule has 0 spiro atoms. The molecule has 3 rings (SSSR count). The normalized spacial score (nSPS) is 17.3. The first-order valence-corrected chi connectivity index (χ1v) is 11.5. The maximum Gasteiger partial charge on any atom is 0.239 e. The van der Waals surface area contributed by atoms with Gasteiger partial charge in [0.05, 0.1) is 25.2 Å². The van der Waals surface area contributed by atoms with Crippen LogP contribution in [0.1, 0.15) is 43.7 Å². The van der Waals surface area contributed by atoms with Crippen LogP contribution in [-0.2, 0) is 11.2 Å². The van der Waals surface area contributed by atoms with E-state index in [1.807, 2.05) is 48.5 Å². The van der Waals surface area contributed by atoms with E-state index >= 15 is 0 Å². The highest BCUT2D eigenvalue weighted by molar-refractivity contribution is 8.15. The zero-order valence-corrected chi connectivity index (χ0v) is 18.9. The molecule has 2 aromatic carbocycles. The van der Waals surface area contributed by atoms with Crippen molar-refractivity contribution in [2.24, 2.45) is 10.2 Å². The molecule has 7 heteroatoms. The number of thioether (sulfide) groups is 1. The molecule has 1 saturated heterocycles. The van der Waals surface area contributed by atoms with Gasteiger partial charge in [0.2, 0.25) is 5.91 Å². The van der Waals surface area contributed by atoms with Gasteiger partial charge in [-0.05, 0) is 60.4 Å². The third-order valence-corrected chi connectivity index (χ3v) is 5.91. The second-order valence-electron chi connectivity index (χ2n) is 7.28. The molecular formula is C24H29N3O3S.